The molecule has 2 heterocycles. The Labute approximate surface area is 159 Å². The fourth-order valence-corrected chi connectivity index (χ4v) is 2.72. The number of nitrogens with zero attached hydrogens (tertiary/aromatic N) is 4. The minimum absolute atomic E-state index is 0.287. The maximum Gasteiger partial charge on any atom is 0.329 e. The minimum atomic E-state index is -0.518. The highest BCUT2D eigenvalue weighted by atomic mass is 35.5. The first-order chi connectivity index (χ1) is 12.9. The lowest BCUT2D eigenvalue weighted by Crippen LogP contribution is -2.29. The molecular weight excluding hydrogens is 368 g/mol. The number of benzene rings is 1. The van der Waals surface area contributed by atoms with Crippen molar-refractivity contribution in [2.24, 2.45) is 12.1 Å². The van der Waals surface area contributed by atoms with Gasteiger partial charge >= 0.3 is 5.69 Å². The van der Waals surface area contributed by atoms with E-state index in [-0.39, 0.29) is 5.65 Å². The van der Waals surface area contributed by atoms with Crippen molar-refractivity contribution >= 4 is 34.4 Å². The summed E-state index contributed by atoms with van der Waals surface area (Å²) in [5.41, 5.74) is 4.10. The second kappa shape index (κ2) is 7.63. The van der Waals surface area contributed by atoms with Gasteiger partial charge in [0.2, 0.25) is 5.95 Å². The van der Waals surface area contributed by atoms with E-state index in [2.05, 4.69) is 20.5 Å². The average molecular weight is 387 g/mol. The van der Waals surface area contributed by atoms with Crippen molar-refractivity contribution in [1.29, 1.82) is 0 Å². The molecule has 2 aromatic heterocycles. The van der Waals surface area contributed by atoms with Gasteiger partial charge in [-0.25, -0.2) is 10.2 Å². The fraction of sp³-hybridized carbons (Fsp3) is 0.222. The van der Waals surface area contributed by atoms with Crippen molar-refractivity contribution in [1.82, 2.24) is 19.1 Å². The highest BCUT2D eigenvalue weighted by Crippen LogP contribution is 2.16. The lowest BCUT2D eigenvalue weighted by Gasteiger charge is -2.06. The van der Waals surface area contributed by atoms with Crippen LogP contribution in [0.3, 0.4) is 0 Å². The second-order valence-corrected chi connectivity index (χ2v) is 6.36. The molecule has 0 saturated carbocycles. The number of aryl methyl sites for hydroxylation is 1. The van der Waals surface area contributed by atoms with Crippen LogP contribution in [0.5, 0.6) is 0 Å². The molecule has 0 bridgehead atoms. The number of halogens is 1. The molecule has 0 aliphatic heterocycles. The number of aromatic amines is 1. The van der Waals surface area contributed by atoms with E-state index in [4.69, 9.17) is 11.6 Å². The van der Waals surface area contributed by atoms with Crippen LogP contribution in [-0.2, 0) is 13.6 Å². The first-order valence-corrected chi connectivity index (χ1v) is 8.67. The Balaban J connectivity index is 2.07. The average Bonchev–Trinajstić information content (AvgIpc) is 3.02. The summed E-state index contributed by atoms with van der Waals surface area (Å²) in [6, 6.07) is 7.29. The lowest BCUT2D eigenvalue weighted by molar-refractivity contribution is 0.818. The lowest BCUT2D eigenvalue weighted by atomic mass is 10.1. The van der Waals surface area contributed by atoms with Crippen LogP contribution in [0, 0.1) is 0 Å². The predicted molar refractivity (Wildman–Crippen MR) is 108 cm³/mol. The van der Waals surface area contributed by atoms with Gasteiger partial charge in [0, 0.05) is 18.6 Å². The van der Waals surface area contributed by atoms with Crippen molar-refractivity contribution in [3.05, 3.63) is 67.8 Å². The summed E-state index contributed by atoms with van der Waals surface area (Å²) in [6.45, 7) is 4.14. The van der Waals surface area contributed by atoms with E-state index >= 15 is 0 Å². The molecule has 0 aliphatic carbocycles. The van der Waals surface area contributed by atoms with Crippen molar-refractivity contribution in [2.45, 2.75) is 20.4 Å². The first-order valence-electron chi connectivity index (χ1n) is 8.29. The molecule has 0 aliphatic rings. The van der Waals surface area contributed by atoms with E-state index in [1.807, 2.05) is 38.1 Å². The Morgan fingerprint density at radius 3 is 2.70 bits per heavy atom. The SMILES string of the molecule is CC=CCn1c(NN=C(C)c2ccc(Cl)cc2)nc2c1c(=O)[nH]c(=O)n2C. The summed E-state index contributed by atoms with van der Waals surface area (Å²) in [5, 5.41) is 5.00. The molecule has 0 amide bonds. The van der Waals surface area contributed by atoms with Crippen molar-refractivity contribution < 1.29 is 0 Å². The third-order valence-corrected chi connectivity index (χ3v) is 4.37. The van der Waals surface area contributed by atoms with E-state index in [0.717, 1.165) is 11.3 Å². The largest absolute Gasteiger partial charge is 0.329 e. The van der Waals surface area contributed by atoms with Gasteiger partial charge in [0.05, 0.1) is 5.71 Å². The molecular formula is C18H19ClN6O2. The maximum absolute atomic E-state index is 12.3. The van der Waals surface area contributed by atoms with Gasteiger partial charge < -0.3 is 0 Å². The number of hydrazone groups is 1. The van der Waals surface area contributed by atoms with Crippen LogP contribution in [0.1, 0.15) is 19.4 Å². The number of aromatic nitrogens is 4. The number of imidazole rings is 1. The van der Waals surface area contributed by atoms with Crippen molar-refractivity contribution in [3.63, 3.8) is 0 Å². The van der Waals surface area contributed by atoms with E-state index in [0.29, 0.717) is 23.0 Å². The molecule has 0 fully saturated rings. The summed E-state index contributed by atoms with van der Waals surface area (Å²) >= 11 is 5.91. The Hall–Kier alpha value is -3.13. The van der Waals surface area contributed by atoms with Gasteiger partial charge in [-0.05, 0) is 31.5 Å². The summed E-state index contributed by atoms with van der Waals surface area (Å²) in [7, 11) is 1.56. The van der Waals surface area contributed by atoms with Crippen LogP contribution in [0.25, 0.3) is 11.2 Å². The summed E-state index contributed by atoms with van der Waals surface area (Å²) in [6.07, 6.45) is 3.75. The molecule has 9 heteroatoms. The molecule has 0 unspecified atom stereocenters. The topological polar surface area (TPSA) is 97.1 Å². The standard InChI is InChI=1S/C18H19ClN6O2/c1-4-5-10-25-14-15(24(3)18(27)21-16(14)26)20-17(25)23-22-11(2)12-6-8-13(19)9-7-12/h4-9H,10H2,1-3H3,(H,20,23)(H,21,26,27). The van der Waals surface area contributed by atoms with Gasteiger partial charge in [0.1, 0.15) is 0 Å². The van der Waals surface area contributed by atoms with Gasteiger partial charge in [-0.2, -0.15) is 10.1 Å². The van der Waals surface area contributed by atoms with E-state index in [1.165, 1.54) is 4.57 Å². The van der Waals surface area contributed by atoms with Crippen LogP contribution in [0.2, 0.25) is 5.02 Å². The zero-order valence-electron chi connectivity index (χ0n) is 15.2. The Morgan fingerprint density at radius 2 is 2.04 bits per heavy atom. The number of allylic oxidation sites excluding steroid dienone is 2. The quantitative estimate of drug-likeness (QED) is 0.400. The van der Waals surface area contributed by atoms with Crippen LogP contribution in [0.4, 0.5) is 5.95 Å². The van der Waals surface area contributed by atoms with E-state index in [1.54, 1.807) is 23.7 Å². The number of hydrogen-bond acceptors (Lipinski definition) is 5. The minimum Gasteiger partial charge on any atom is -0.299 e. The zero-order valence-corrected chi connectivity index (χ0v) is 15.9. The number of fused-ring (bicyclic) bond motifs is 1. The first kappa shape index (κ1) is 18.7. The number of H-pyrrole nitrogens is 1. The van der Waals surface area contributed by atoms with Gasteiger partial charge in [-0.3, -0.25) is 18.9 Å². The van der Waals surface area contributed by atoms with Gasteiger partial charge in [0.15, 0.2) is 11.2 Å². The molecule has 0 saturated heterocycles. The van der Waals surface area contributed by atoms with Crippen molar-refractivity contribution in [2.75, 3.05) is 5.43 Å². The van der Waals surface area contributed by atoms with Crippen LogP contribution in [-0.4, -0.2) is 24.8 Å². The molecule has 27 heavy (non-hydrogen) atoms. The number of nitrogens with one attached hydrogen (secondary N) is 2. The molecule has 0 radical (unpaired) electrons. The Kier molecular flexibility index (Phi) is 5.27. The number of hydrogen-bond donors (Lipinski definition) is 2. The zero-order chi connectivity index (χ0) is 19.6. The maximum atomic E-state index is 12.3. The molecule has 0 spiro atoms. The van der Waals surface area contributed by atoms with Crippen LogP contribution >= 0.6 is 11.6 Å². The highest BCUT2D eigenvalue weighted by molar-refractivity contribution is 6.30. The van der Waals surface area contributed by atoms with Gasteiger partial charge in [-0.1, -0.05) is 35.9 Å². The number of anilines is 1. The van der Waals surface area contributed by atoms with E-state index in [9.17, 15) is 9.59 Å². The van der Waals surface area contributed by atoms with E-state index < -0.39 is 11.2 Å². The van der Waals surface area contributed by atoms with Gasteiger partial charge in [0.25, 0.3) is 5.56 Å². The van der Waals surface area contributed by atoms with Crippen LogP contribution < -0.4 is 16.7 Å². The number of rotatable bonds is 5. The smallest absolute Gasteiger partial charge is 0.299 e. The molecule has 140 valence electrons. The summed E-state index contributed by atoms with van der Waals surface area (Å²) < 4.78 is 2.97. The summed E-state index contributed by atoms with van der Waals surface area (Å²) in [4.78, 5) is 30.9. The third-order valence-electron chi connectivity index (χ3n) is 4.12. The van der Waals surface area contributed by atoms with Crippen LogP contribution in [0.15, 0.2) is 51.1 Å². The predicted octanol–water partition coefficient (Wildman–Crippen LogP) is 2.49. The molecule has 3 aromatic rings. The Morgan fingerprint density at radius 1 is 1.33 bits per heavy atom. The molecule has 0 atom stereocenters. The fourth-order valence-electron chi connectivity index (χ4n) is 2.60. The normalized spacial score (nSPS) is 12.2. The molecule has 1 aromatic carbocycles. The molecule has 2 N–H and O–H groups in total. The monoisotopic (exact) mass is 386 g/mol. The molecule has 3 rings (SSSR count). The highest BCUT2D eigenvalue weighted by Gasteiger charge is 2.16. The third kappa shape index (κ3) is 3.70. The second-order valence-electron chi connectivity index (χ2n) is 5.92. The molecule has 8 nitrogen and oxygen atoms in total. The summed E-state index contributed by atoms with van der Waals surface area (Å²) in [5.74, 6) is 0.364. The Bertz CT molecular complexity index is 1150. The van der Waals surface area contributed by atoms with Crippen molar-refractivity contribution in [3.8, 4) is 0 Å². The van der Waals surface area contributed by atoms with Gasteiger partial charge in [-0.15, -0.1) is 0 Å².